The molecule has 5 heteroatoms. The fourth-order valence-corrected chi connectivity index (χ4v) is 14.4. The highest BCUT2D eigenvalue weighted by Crippen LogP contribution is 2.75. The first-order valence-electron chi connectivity index (χ1n) is 15.0. The van der Waals surface area contributed by atoms with E-state index in [1.54, 1.807) is 7.11 Å². The van der Waals surface area contributed by atoms with Gasteiger partial charge in [0.15, 0.2) is 0 Å². The smallest absolute Gasteiger partial charge is 0.311 e. The Morgan fingerprint density at radius 3 is 1.11 bits per heavy atom. The Hall–Kier alpha value is -0.650. The highest BCUT2D eigenvalue weighted by Gasteiger charge is 2.72. The predicted octanol–water partition coefficient (Wildman–Crippen LogP) is 3.47. The summed E-state index contributed by atoms with van der Waals surface area (Å²) in [7, 11) is 1.57. The van der Waals surface area contributed by atoms with Crippen LogP contribution in [-0.4, -0.2) is 34.9 Å². The minimum atomic E-state index is -0.255. The number of hydrogen-bond donors (Lipinski definition) is 3. The van der Waals surface area contributed by atoms with Gasteiger partial charge in [-0.1, -0.05) is 0 Å². The van der Waals surface area contributed by atoms with E-state index in [1.807, 2.05) is 0 Å². The van der Waals surface area contributed by atoms with E-state index in [0.717, 1.165) is 110 Å². The molecule has 0 saturated heterocycles. The number of aliphatic hydroxyl groups is 1. The topological polar surface area (TPSA) is 98.6 Å². The first-order chi connectivity index (χ1) is 16.6. The highest BCUT2D eigenvalue weighted by molar-refractivity contribution is 5.77. The lowest BCUT2D eigenvalue weighted by Gasteiger charge is -2.73. The first kappa shape index (κ1) is 21.3. The lowest BCUT2D eigenvalue weighted by Crippen LogP contribution is -2.72. The van der Waals surface area contributed by atoms with Crippen molar-refractivity contribution in [2.24, 2.45) is 87.9 Å². The molecule has 0 aromatic heterocycles. The molecule has 0 atom stereocenters. The Bertz CT molecular complexity index is 843. The van der Waals surface area contributed by atoms with Crippen LogP contribution in [0, 0.1) is 76.4 Å². The van der Waals surface area contributed by atoms with Gasteiger partial charge < -0.3 is 21.3 Å². The number of carbonyl (C=O) groups is 1. The van der Waals surface area contributed by atoms with Gasteiger partial charge in [-0.2, -0.15) is 0 Å². The number of hydrogen-bond acceptors (Lipinski definition) is 5. The molecule has 0 aromatic carbocycles. The Kier molecular flexibility index (Phi) is 3.74. The van der Waals surface area contributed by atoms with Crippen LogP contribution >= 0.6 is 0 Å². The minimum absolute atomic E-state index is 0.0861. The minimum Gasteiger partial charge on any atom is -0.469 e. The monoisotopic (exact) mass is 480 g/mol. The summed E-state index contributed by atoms with van der Waals surface area (Å²) in [5.41, 5.74) is 13.2. The summed E-state index contributed by atoms with van der Waals surface area (Å²) < 4.78 is 5.16. The van der Waals surface area contributed by atoms with E-state index < -0.39 is 0 Å². The van der Waals surface area contributed by atoms with E-state index in [4.69, 9.17) is 16.2 Å². The zero-order valence-corrected chi connectivity index (χ0v) is 21.3. The van der Waals surface area contributed by atoms with Gasteiger partial charge in [0.1, 0.15) is 0 Å². The Morgan fingerprint density at radius 1 is 0.571 bits per heavy atom. The Balaban J connectivity index is 0.000000107. The molecule has 0 aromatic rings. The molecular formula is C30H44N2O3. The quantitative estimate of drug-likeness (QED) is 0.499. The molecule has 16 bridgehead atoms. The van der Waals surface area contributed by atoms with Crippen LogP contribution in [0.15, 0.2) is 0 Å². The molecule has 0 unspecified atom stereocenters. The molecule has 14 aliphatic carbocycles. The van der Waals surface area contributed by atoms with Crippen molar-refractivity contribution in [2.75, 3.05) is 7.11 Å². The largest absolute Gasteiger partial charge is 0.469 e. The number of ether oxygens (including phenoxy) is 1. The van der Waals surface area contributed by atoms with E-state index in [-0.39, 0.29) is 28.1 Å². The standard InChI is InChI=1S/C16H23NO2.C14H21NO/c1-19-14(18)15-2-8-11-5-16(17)6-12(8)10(4-15)13(7-16)9(11)3-15;15-13-1-7-10-4-14(16)5-11(7)9(3-13)12(6-14)8(10)2-13/h8-13H,2-7,17H2,1H3;7-12,16H,1-6,15H2. The zero-order chi connectivity index (χ0) is 23.7. The van der Waals surface area contributed by atoms with Crippen molar-refractivity contribution in [3.63, 3.8) is 0 Å². The van der Waals surface area contributed by atoms with Crippen molar-refractivity contribution in [1.82, 2.24) is 0 Å². The maximum atomic E-state index is 12.3. The second kappa shape index (κ2) is 6.15. The third-order valence-corrected chi connectivity index (χ3v) is 14.8. The first-order valence-corrected chi connectivity index (χ1v) is 15.0. The summed E-state index contributed by atoms with van der Waals surface area (Å²) in [5.74, 6) is 10.1. The van der Waals surface area contributed by atoms with Crippen LogP contribution < -0.4 is 11.5 Å². The lowest BCUT2D eigenvalue weighted by atomic mass is 9.32. The number of methoxy groups -OCH3 is 1. The van der Waals surface area contributed by atoms with Gasteiger partial charge in [0.05, 0.1) is 18.1 Å². The number of carbonyl (C=O) groups excluding carboxylic acids is 1. The Labute approximate surface area is 209 Å². The number of rotatable bonds is 1. The predicted molar refractivity (Wildman–Crippen MR) is 131 cm³/mol. The molecule has 14 aliphatic rings. The summed E-state index contributed by atoms with van der Waals surface area (Å²) in [4.78, 5) is 12.3. The zero-order valence-electron chi connectivity index (χ0n) is 21.3. The van der Waals surface area contributed by atoms with E-state index in [9.17, 15) is 9.90 Å². The van der Waals surface area contributed by atoms with Crippen LogP contribution in [0.1, 0.15) is 77.0 Å². The van der Waals surface area contributed by atoms with Gasteiger partial charge in [-0.05, 0) is 148 Å². The summed E-state index contributed by atoms with van der Waals surface area (Å²) >= 11 is 0. The molecule has 192 valence electrons. The van der Waals surface area contributed by atoms with Crippen molar-refractivity contribution in [3.8, 4) is 0 Å². The molecular weight excluding hydrogens is 436 g/mol. The molecule has 0 heterocycles. The van der Waals surface area contributed by atoms with Crippen molar-refractivity contribution in [2.45, 2.75) is 93.7 Å². The van der Waals surface area contributed by atoms with Crippen LogP contribution in [0.3, 0.4) is 0 Å². The molecule has 5 N–H and O–H groups in total. The van der Waals surface area contributed by atoms with Gasteiger partial charge in [-0.25, -0.2) is 0 Å². The van der Waals surface area contributed by atoms with E-state index >= 15 is 0 Å². The average molecular weight is 481 g/mol. The Morgan fingerprint density at radius 2 is 0.829 bits per heavy atom. The summed E-state index contributed by atoms with van der Waals surface area (Å²) in [5, 5.41) is 10.6. The van der Waals surface area contributed by atoms with Crippen molar-refractivity contribution in [3.05, 3.63) is 0 Å². The van der Waals surface area contributed by atoms with Crippen LogP contribution in [0.4, 0.5) is 0 Å². The second-order valence-electron chi connectivity index (χ2n) is 16.1. The SMILES string of the molecule is COC(=O)C12CC3C4CC5(N)CC3C(C1)C(C5)C4C2.NC12CC3C4CC5(O)CC3C(C1)C(C5)C4C2. The van der Waals surface area contributed by atoms with E-state index in [0.29, 0.717) is 0 Å². The molecule has 35 heavy (non-hydrogen) atoms. The van der Waals surface area contributed by atoms with Crippen molar-refractivity contribution in [1.29, 1.82) is 0 Å². The maximum absolute atomic E-state index is 12.3. The van der Waals surface area contributed by atoms with Crippen molar-refractivity contribution < 1.29 is 14.6 Å². The van der Waals surface area contributed by atoms with Gasteiger partial charge in [-0.3, -0.25) is 4.79 Å². The fraction of sp³-hybridized carbons (Fsp3) is 0.967. The molecule has 5 nitrogen and oxygen atoms in total. The molecule has 14 rings (SSSR count). The molecule has 0 aliphatic heterocycles. The van der Waals surface area contributed by atoms with Crippen LogP contribution in [-0.2, 0) is 9.53 Å². The van der Waals surface area contributed by atoms with Gasteiger partial charge >= 0.3 is 5.97 Å². The molecule has 14 fully saturated rings. The van der Waals surface area contributed by atoms with Crippen LogP contribution in [0.2, 0.25) is 0 Å². The summed E-state index contributed by atoms with van der Waals surface area (Å²) in [6.45, 7) is 0. The maximum Gasteiger partial charge on any atom is 0.311 e. The van der Waals surface area contributed by atoms with Gasteiger partial charge in [0, 0.05) is 11.1 Å². The summed E-state index contributed by atoms with van der Waals surface area (Å²) in [6.07, 6.45) is 14.2. The molecule has 0 radical (unpaired) electrons. The number of nitrogens with two attached hydrogens (primary N) is 2. The van der Waals surface area contributed by atoms with Gasteiger partial charge in [0.25, 0.3) is 0 Å². The summed E-state index contributed by atoms with van der Waals surface area (Å²) in [6, 6.07) is 0. The third kappa shape index (κ3) is 2.46. The normalized spacial score (nSPS) is 68.3. The van der Waals surface area contributed by atoms with Crippen molar-refractivity contribution >= 4 is 5.97 Å². The molecule has 14 saturated carbocycles. The van der Waals surface area contributed by atoms with Crippen LogP contribution in [0.5, 0.6) is 0 Å². The lowest BCUT2D eigenvalue weighted by molar-refractivity contribution is -0.259. The third-order valence-electron chi connectivity index (χ3n) is 14.8. The fourth-order valence-electron chi connectivity index (χ4n) is 14.4. The van der Waals surface area contributed by atoms with Gasteiger partial charge in [-0.15, -0.1) is 0 Å². The van der Waals surface area contributed by atoms with Crippen LogP contribution in [0.25, 0.3) is 0 Å². The van der Waals surface area contributed by atoms with E-state index in [1.165, 1.54) is 38.5 Å². The van der Waals surface area contributed by atoms with Gasteiger partial charge in [0.2, 0.25) is 0 Å². The molecule has 0 amide bonds. The average Bonchev–Trinajstić information content (AvgIpc) is 2.83. The highest BCUT2D eigenvalue weighted by atomic mass is 16.5. The van der Waals surface area contributed by atoms with E-state index in [2.05, 4.69) is 0 Å². The number of esters is 1. The molecule has 0 spiro atoms. The second-order valence-corrected chi connectivity index (χ2v) is 16.1.